The molecule has 22 heavy (non-hydrogen) atoms. The van der Waals surface area contributed by atoms with Crippen molar-refractivity contribution in [2.75, 3.05) is 5.32 Å². The van der Waals surface area contributed by atoms with Gasteiger partial charge < -0.3 is 10.2 Å². The molecule has 0 spiro atoms. The summed E-state index contributed by atoms with van der Waals surface area (Å²) in [4.78, 5) is 17.2. The van der Waals surface area contributed by atoms with E-state index in [2.05, 4.69) is 26.4 Å². The molecule has 0 saturated heterocycles. The van der Waals surface area contributed by atoms with E-state index in [0.717, 1.165) is 15.6 Å². The molecule has 0 bridgehead atoms. The Morgan fingerprint density at radius 1 is 1.23 bits per heavy atom. The van der Waals surface area contributed by atoms with Crippen molar-refractivity contribution in [2.24, 2.45) is 5.16 Å². The number of nitrogens with one attached hydrogen (secondary N) is 1. The van der Waals surface area contributed by atoms with Crippen LogP contribution in [0.2, 0.25) is 0 Å². The minimum absolute atomic E-state index is 0.246. The number of rotatable bonds is 5. The number of benzene rings is 2. The van der Waals surface area contributed by atoms with Crippen LogP contribution in [0, 0.1) is 6.92 Å². The van der Waals surface area contributed by atoms with Crippen molar-refractivity contribution in [3.05, 3.63) is 64.1 Å². The van der Waals surface area contributed by atoms with Crippen molar-refractivity contribution in [3.63, 3.8) is 0 Å². The van der Waals surface area contributed by atoms with Crippen molar-refractivity contribution >= 4 is 33.7 Å². The molecule has 114 valence electrons. The Morgan fingerprint density at radius 3 is 2.59 bits per heavy atom. The zero-order valence-corrected chi connectivity index (χ0v) is 14.0. The summed E-state index contributed by atoms with van der Waals surface area (Å²) in [5.41, 5.74) is 2.77. The summed E-state index contributed by atoms with van der Waals surface area (Å²) in [7, 11) is 0. The van der Waals surface area contributed by atoms with Crippen LogP contribution in [-0.4, -0.2) is 18.2 Å². The molecule has 1 N–H and O–H groups in total. The number of hydrogen-bond donors (Lipinski definition) is 1. The molecule has 0 saturated carbocycles. The standard InChI is InChI=1S/C17H17BrN2O2/c1-12-5-3-4-6-14(12)11-19-22-13(2)17(21)20-16-9-7-15(18)8-10-16/h3-11,13H,1-2H3,(H,20,21)/b19-11-/t13-/m1/s1. The second-order valence-corrected chi connectivity index (χ2v) is 5.75. The summed E-state index contributed by atoms with van der Waals surface area (Å²) in [6.45, 7) is 3.65. The van der Waals surface area contributed by atoms with Gasteiger partial charge in [0.15, 0.2) is 0 Å². The highest BCUT2D eigenvalue weighted by Crippen LogP contribution is 2.14. The molecule has 2 rings (SSSR count). The number of halogens is 1. The second kappa shape index (κ2) is 7.75. The van der Waals surface area contributed by atoms with Crippen LogP contribution in [0.5, 0.6) is 0 Å². The number of oxime groups is 1. The van der Waals surface area contributed by atoms with Crippen LogP contribution in [0.1, 0.15) is 18.1 Å². The van der Waals surface area contributed by atoms with Gasteiger partial charge in [-0.3, -0.25) is 4.79 Å². The molecule has 0 aliphatic carbocycles. The molecule has 0 aromatic heterocycles. The molecule has 0 radical (unpaired) electrons. The lowest BCUT2D eigenvalue weighted by Gasteiger charge is -2.10. The molecular weight excluding hydrogens is 344 g/mol. The van der Waals surface area contributed by atoms with E-state index in [1.165, 1.54) is 0 Å². The fourth-order valence-electron chi connectivity index (χ4n) is 1.74. The van der Waals surface area contributed by atoms with E-state index in [9.17, 15) is 4.79 Å². The largest absolute Gasteiger partial charge is 0.383 e. The number of carbonyl (C=O) groups is 1. The van der Waals surface area contributed by atoms with E-state index < -0.39 is 6.10 Å². The van der Waals surface area contributed by atoms with Crippen LogP contribution in [0.4, 0.5) is 5.69 Å². The van der Waals surface area contributed by atoms with E-state index >= 15 is 0 Å². The van der Waals surface area contributed by atoms with Gasteiger partial charge in [0.25, 0.3) is 5.91 Å². The predicted octanol–water partition coefficient (Wildman–Crippen LogP) is 4.14. The highest BCUT2D eigenvalue weighted by molar-refractivity contribution is 9.10. The first kappa shape index (κ1) is 16.2. The summed E-state index contributed by atoms with van der Waals surface area (Å²) in [5, 5.41) is 6.66. The van der Waals surface area contributed by atoms with Crippen molar-refractivity contribution in [3.8, 4) is 0 Å². The van der Waals surface area contributed by atoms with Crippen LogP contribution >= 0.6 is 15.9 Å². The smallest absolute Gasteiger partial charge is 0.267 e. The topological polar surface area (TPSA) is 50.7 Å². The van der Waals surface area contributed by atoms with E-state index in [4.69, 9.17) is 4.84 Å². The lowest BCUT2D eigenvalue weighted by molar-refractivity contribution is -0.126. The summed E-state index contributed by atoms with van der Waals surface area (Å²) in [5.74, 6) is -0.246. The monoisotopic (exact) mass is 360 g/mol. The van der Waals surface area contributed by atoms with Crippen LogP contribution < -0.4 is 5.32 Å². The molecule has 0 heterocycles. The Balaban J connectivity index is 1.89. The molecule has 4 nitrogen and oxygen atoms in total. The summed E-state index contributed by atoms with van der Waals surface area (Å²) < 4.78 is 0.956. The third kappa shape index (κ3) is 4.70. The van der Waals surface area contributed by atoms with E-state index in [-0.39, 0.29) is 5.91 Å². The number of amides is 1. The van der Waals surface area contributed by atoms with Crippen molar-refractivity contribution < 1.29 is 9.63 Å². The number of anilines is 1. The molecule has 0 aliphatic rings. The second-order valence-electron chi connectivity index (χ2n) is 4.83. The number of nitrogens with zero attached hydrogens (tertiary/aromatic N) is 1. The Morgan fingerprint density at radius 2 is 1.91 bits per heavy atom. The van der Waals surface area contributed by atoms with Crippen LogP contribution in [-0.2, 0) is 9.63 Å². The Hall–Kier alpha value is -2.14. The first-order valence-corrected chi connectivity index (χ1v) is 7.67. The minimum Gasteiger partial charge on any atom is -0.383 e. The Kier molecular flexibility index (Phi) is 5.72. The summed E-state index contributed by atoms with van der Waals surface area (Å²) in [6.07, 6.45) is 0.933. The third-order valence-electron chi connectivity index (χ3n) is 3.08. The third-order valence-corrected chi connectivity index (χ3v) is 3.61. The predicted molar refractivity (Wildman–Crippen MR) is 92.1 cm³/mol. The van der Waals surface area contributed by atoms with Gasteiger partial charge in [0.1, 0.15) is 0 Å². The number of aryl methyl sites for hydroxylation is 1. The van der Waals surface area contributed by atoms with Crippen LogP contribution in [0.3, 0.4) is 0 Å². The molecule has 2 aromatic rings. The molecule has 2 aromatic carbocycles. The average molecular weight is 361 g/mol. The van der Waals surface area contributed by atoms with Crippen molar-refractivity contribution in [2.45, 2.75) is 20.0 Å². The maximum atomic E-state index is 12.0. The average Bonchev–Trinajstić information content (AvgIpc) is 2.51. The zero-order valence-electron chi connectivity index (χ0n) is 12.4. The van der Waals surface area contributed by atoms with Gasteiger partial charge in [0, 0.05) is 10.2 Å². The fourth-order valence-corrected chi connectivity index (χ4v) is 2.00. The quantitative estimate of drug-likeness (QED) is 0.643. The minimum atomic E-state index is -0.677. The highest BCUT2D eigenvalue weighted by Gasteiger charge is 2.14. The lowest BCUT2D eigenvalue weighted by atomic mass is 10.1. The van der Waals surface area contributed by atoms with Crippen molar-refractivity contribution in [1.29, 1.82) is 0 Å². The van der Waals surface area contributed by atoms with Gasteiger partial charge >= 0.3 is 0 Å². The first-order valence-electron chi connectivity index (χ1n) is 6.87. The van der Waals surface area contributed by atoms with E-state index in [0.29, 0.717) is 5.69 Å². The van der Waals surface area contributed by atoms with Gasteiger partial charge in [-0.15, -0.1) is 0 Å². The SMILES string of the molecule is Cc1ccccc1/C=N\O[C@H](C)C(=O)Nc1ccc(Br)cc1. The zero-order chi connectivity index (χ0) is 15.9. The Bertz CT molecular complexity index is 669. The lowest BCUT2D eigenvalue weighted by Crippen LogP contribution is -2.26. The van der Waals surface area contributed by atoms with Crippen molar-refractivity contribution in [1.82, 2.24) is 0 Å². The molecule has 0 fully saturated rings. The van der Waals surface area contributed by atoms with Gasteiger partial charge in [-0.2, -0.15) is 0 Å². The summed E-state index contributed by atoms with van der Waals surface area (Å²) >= 11 is 3.35. The summed E-state index contributed by atoms with van der Waals surface area (Å²) in [6, 6.07) is 15.2. The molecule has 1 amide bonds. The maximum absolute atomic E-state index is 12.0. The van der Waals surface area contributed by atoms with Gasteiger partial charge in [-0.25, -0.2) is 0 Å². The van der Waals surface area contributed by atoms with Gasteiger partial charge in [0.2, 0.25) is 6.10 Å². The van der Waals surface area contributed by atoms with E-state index in [1.807, 2.05) is 55.5 Å². The first-order chi connectivity index (χ1) is 10.6. The van der Waals surface area contributed by atoms with Gasteiger partial charge in [-0.1, -0.05) is 45.4 Å². The van der Waals surface area contributed by atoms with Crippen LogP contribution in [0.25, 0.3) is 0 Å². The highest BCUT2D eigenvalue weighted by atomic mass is 79.9. The van der Waals surface area contributed by atoms with E-state index in [1.54, 1.807) is 13.1 Å². The number of hydrogen-bond acceptors (Lipinski definition) is 3. The van der Waals surface area contributed by atoms with Gasteiger partial charge in [0.05, 0.1) is 6.21 Å². The molecule has 0 aliphatic heterocycles. The number of carbonyl (C=O) groups excluding carboxylic acids is 1. The molecule has 5 heteroatoms. The van der Waals surface area contributed by atoms with Gasteiger partial charge in [-0.05, 0) is 49.2 Å². The maximum Gasteiger partial charge on any atom is 0.267 e. The molecular formula is C17H17BrN2O2. The van der Waals surface area contributed by atoms with Crippen LogP contribution in [0.15, 0.2) is 58.2 Å². The Labute approximate surface area is 138 Å². The normalized spacial score (nSPS) is 12.1. The fraction of sp³-hybridized carbons (Fsp3) is 0.176. The molecule has 1 atom stereocenters. The molecule has 0 unspecified atom stereocenters.